The van der Waals surface area contributed by atoms with Crippen molar-refractivity contribution in [2.45, 2.75) is 303 Å². The number of ether oxygens (including phenoxy) is 3. The quantitative estimate of drug-likeness (QED) is 0.0261. The van der Waals surface area contributed by atoms with Crippen LogP contribution in [0, 0.1) is 0 Å². The van der Waals surface area contributed by atoms with E-state index < -0.39 is 6.10 Å². The zero-order valence-corrected chi connectivity index (χ0v) is 47.4. The van der Waals surface area contributed by atoms with Gasteiger partial charge < -0.3 is 14.2 Å². The Morgan fingerprint density at radius 3 is 0.819 bits per heavy atom. The first-order valence-corrected chi connectivity index (χ1v) is 30.6. The van der Waals surface area contributed by atoms with Crippen molar-refractivity contribution in [2.24, 2.45) is 0 Å². The number of hydrogen-bond donors (Lipinski definition) is 0. The number of carbonyl (C=O) groups is 3. The fraction of sp³-hybridized carbons (Fsp3) is 0.742. The predicted molar refractivity (Wildman–Crippen MR) is 311 cm³/mol. The van der Waals surface area contributed by atoms with Crippen LogP contribution in [-0.4, -0.2) is 37.2 Å². The summed E-state index contributed by atoms with van der Waals surface area (Å²) in [5.74, 6) is -0.916. The summed E-state index contributed by atoms with van der Waals surface area (Å²) in [4.78, 5) is 38.3. The van der Waals surface area contributed by atoms with Gasteiger partial charge in [-0.05, 0) is 122 Å². The van der Waals surface area contributed by atoms with Gasteiger partial charge in [-0.25, -0.2) is 0 Å². The van der Waals surface area contributed by atoms with E-state index in [1.165, 1.54) is 141 Å². The Morgan fingerprint density at radius 1 is 0.278 bits per heavy atom. The van der Waals surface area contributed by atoms with Crippen molar-refractivity contribution in [3.63, 3.8) is 0 Å². The average molecular weight is 1000 g/mol. The molecule has 414 valence electrons. The summed E-state index contributed by atoms with van der Waals surface area (Å²) in [6, 6.07) is 0. The fourth-order valence-corrected chi connectivity index (χ4v) is 8.45. The van der Waals surface area contributed by atoms with Crippen molar-refractivity contribution in [3.05, 3.63) is 85.1 Å². The van der Waals surface area contributed by atoms with Gasteiger partial charge in [0, 0.05) is 19.3 Å². The lowest BCUT2D eigenvalue weighted by atomic mass is 10.1. The van der Waals surface area contributed by atoms with Crippen LogP contribution in [0.5, 0.6) is 0 Å². The maximum atomic E-state index is 12.9. The van der Waals surface area contributed by atoms with Gasteiger partial charge >= 0.3 is 17.9 Å². The molecule has 0 fully saturated rings. The Bertz CT molecular complexity index is 1380. The summed E-state index contributed by atoms with van der Waals surface area (Å²) < 4.78 is 16.9. The van der Waals surface area contributed by atoms with E-state index in [0.717, 1.165) is 116 Å². The van der Waals surface area contributed by atoms with Crippen LogP contribution in [-0.2, 0) is 28.6 Å². The molecule has 0 aliphatic carbocycles. The standard InChI is InChI=1S/C66H114O6/c1-4-7-10-13-16-19-22-25-28-31-32-33-34-36-38-41-44-47-50-53-56-59-65(68)71-62-63(61-70-64(67)58-55-52-49-46-43-40-37-30-27-24-21-18-15-12-9-6-3)72-66(69)60-57-54-51-48-45-42-39-35-29-26-23-20-17-14-11-8-5-2/h17,20-22,24-26,29-32,34,36-37,63H,4-16,18-19,23,27-28,33,35,38-62H2,1-3H3/b20-17-,24-21-,25-22-,29-26-,32-31-,36-34-,37-30-. The third-order valence-corrected chi connectivity index (χ3v) is 13.1. The second kappa shape index (κ2) is 60.1. The third kappa shape index (κ3) is 57.5. The van der Waals surface area contributed by atoms with E-state index in [2.05, 4.69) is 106 Å². The maximum absolute atomic E-state index is 12.9. The average Bonchev–Trinajstić information content (AvgIpc) is 3.38. The summed E-state index contributed by atoms with van der Waals surface area (Å²) in [6.45, 7) is 6.58. The maximum Gasteiger partial charge on any atom is 0.306 e. The monoisotopic (exact) mass is 1000 g/mol. The van der Waals surface area contributed by atoms with Gasteiger partial charge in [-0.2, -0.15) is 0 Å². The molecule has 6 heteroatoms. The number of esters is 3. The molecule has 1 atom stereocenters. The lowest BCUT2D eigenvalue weighted by Gasteiger charge is -2.18. The topological polar surface area (TPSA) is 78.9 Å². The van der Waals surface area contributed by atoms with Crippen LogP contribution in [0.2, 0.25) is 0 Å². The van der Waals surface area contributed by atoms with E-state index >= 15 is 0 Å². The van der Waals surface area contributed by atoms with E-state index in [0.29, 0.717) is 19.3 Å². The van der Waals surface area contributed by atoms with Crippen molar-refractivity contribution >= 4 is 17.9 Å². The van der Waals surface area contributed by atoms with Gasteiger partial charge in [0.2, 0.25) is 0 Å². The van der Waals surface area contributed by atoms with E-state index in [4.69, 9.17) is 14.2 Å². The molecule has 72 heavy (non-hydrogen) atoms. The summed E-state index contributed by atoms with van der Waals surface area (Å²) >= 11 is 0. The highest BCUT2D eigenvalue weighted by atomic mass is 16.6. The molecule has 1 unspecified atom stereocenters. The number of hydrogen-bond acceptors (Lipinski definition) is 6. The van der Waals surface area contributed by atoms with Crippen LogP contribution in [0.3, 0.4) is 0 Å². The van der Waals surface area contributed by atoms with Crippen LogP contribution >= 0.6 is 0 Å². The lowest BCUT2D eigenvalue weighted by molar-refractivity contribution is -0.167. The van der Waals surface area contributed by atoms with Gasteiger partial charge in [-0.3, -0.25) is 14.4 Å². The van der Waals surface area contributed by atoms with Crippen molar-refractivity contribution in [3.8, 4) is 0 Å². The highest BCUT2D eigenvalue weighted by Gasteiger charge is 2.19. The van der Waals surface area contributed by atoms with Crippen LogP contribution in [0.15, 0.2) is 85.1 Å². The number of carbonyl (C=O) groups excluding carboxylic acids is 3. The molecule has 0 aliphatic rings. The minimum absolute atomic E-state index is 0.0911. The molecule has 0 saturated carbocycles. The van der Waals surface area contributed by atoms with Gasteiger partial charge in [0.1, 0.15) is 13.2 Å². The Kier molecular flexibility index (Phi) is 57.3. The van der Waals surface area contributed by atoms with Crippen LogP contribution in [0.4, 0.5) is 0 Å². The highest BCUT2D eigenvalue weighted by molar-refractivity contribution is 5.71. The molecule has 0 rings (SSSR count). The molecule has 6 nitrogen and oxygen atoms in total. The van der Waals surface area contributed by atoms with Crippen LogP contribution < -0.4 is 0 Å². The van der Waals surface area contributed by atoms with Gasteiger partial charge in [0.05, 0.1) is 0 Å². The SMILES string of the molecule is CCCCC/C=C\C/C=C\CCCCCCCCCC(=O)OC(COC(=O)CCCCCCC/C=C\C/C=C\CCCCCC)COC(=O)CCCCCCCC/C=C\C/C=C\C/C=C\CCCCCCC. The zero-order valence-electron chi connectivity index (χ0n) is 47.4. The van der Waals surface area contributed by atoms with Crippen molar-refractivity contribution in [1.82, 2.24) is 0 Å². The number of unbranched alkanes of at least 4 members (excludes halogenated alkanes) is 30. The molecule has 0 aromatic rings. The van der Waals surface area contributed by atoms with Gasteiger partial charge in [0.15, 0.2) is 6.10 Å². The summed E-state index contributed by atoms with van der Waals surface area (Å²) in [6.07, 6.45) is 78.5. The van der Waals surface area contributed by atoms with E-state index in [9.17, 15) is 14.4 Å². The molecule has 0 aromatic carbocycles. The minimum Gasteiger partial charge on any atom is -0.462 e. The largest absolute Gasteiger partial charge is 0.462 e. The molecule has 0 aromatic heterocycles. The van der Waals surface area contributed by atoms with E-state index in [1.807, 2.05) is 0 Å². The van der Waals surface area contributed by atoms with E-state index in [-0.39, 0.29) is 31.1 Å². The molecule has 0 spiro atoms. The molecule has 0 saturated heterocycles. The Balaban J connectivity index is 4.43. The molecule has 0 heterocycles. The second-order valence-corrected chi connectivity index (χ2v) is 20.2. The van der Waals surface area contributed by atoms with Crippen molar-refractivity contribution in [2.75, 3.05) is 13.2 Å². The first kappa shape index (κ1) is 68.6. The van der Waals surface area contributed by atoms with Crippen LogP contribution in [0.25, 0.3) is 0 Å². The van der Waals surface area contributed by atoms with E-state index in [1.54, 1.807) is 0 Å². The first-order chi connectivity index (χ1) is 35.5. The summed E-state index contributed by atoms with van der Waals surface area (Å²) in [7, 11) is 0. The molecule has 0 N–H and O–H groups in total. The Hall–Kier alpha value is -3.41. The summed E-state index contributed by atoms with van der Waals surface area (Å²) in [5.41, 5.74) is 0. The molecule has 0 aliphatic heterocycles. The summed E-state index contributed by atoms with van der Waals surface area (Å²) in [5, 5.41) is 0. The van der Waals surface area contributed by atoms with Gasteiger partial charge in [0.25, 0.3) is 0 Å². The Labute approximate surface area is 445 Å². The predicted octanol–water partition coefficient (Wildman–Crippen LogP) is 20.7. The zero-order chi connectivity index (χ0) is 52.2. The minimum atomic E-state index is -0.794. The number of rotatable bonds is 55. The fourth-order valence-electron chi connectivity index (χ4n) is 8.45. The third-order valence-electron chi connectivity index (χ3n) is 13.1. The molecule has 0 radical (unpaired) electrons. The molecular weight excluding hydrogens is 889 g/mol. The second-order valence-electron chi connectivity index (χ2n) is 20.2. The Morgan fingerprint density at radius 2 is 0.500 bits per heavy atom. The molecule has 0 amide bonds. The van der Waals surface area contributed by atoms with Crippen LogP contribution in [0.1, 0.15) is 297 Å². The van der Waals surface area contributed by atoms with Crippen molar-refractivity contribution < 1.29 is 28.6 Å². The normalized spacial score (nSPS) is 12.7. The first-order valence-electron chi connectivity index (χ1n) is 30.6. The smallest absolute Gasteiger partial charge is 0.306 e. The van der Waals surface area contributed by atoms with Crippen molar-refractivity contribution in [1.29, 1.82) is 0 Å². The molecule has 0 bridgehead atoms. The lowest BCUT2D eigenvalue weighted by Crippen LogP contribution is -2.30. The van der Waals surface area contributed by atoms with Gasteiger partial charge in [-0.15, -0.1) is 0 Å². The van der Waals surface area contributed by atoms with Gasteiger partial charge in [-0.1, -0.05) is 241 Å². The molecular formula is C66H114O6. The number of allylic oxidation sites excluding steroid dienone is 14. The highest BCUT2D eigenvalue weighted by Crippen LogP contribution is 2.15.